The van der Waals surface area contributed by atoms with Crippen LogP contribution in [0.2, 0.25) is 0 Å². The van der Waals surface area contributed by atoms with Crippen LogP contribution in [0.3, 0.4) is 0 Å². The molecule has 0 amide bonds. The largest absolute Gasteiger partial charge is 0.277 e. The molecule has 1 aliphatic rings. The first-order valence-electron chi connectivity index (χ1n) is 9.29. The Hall–Kier alpha value is -2.49. The molecule has 0 N–H and O–H groups in total. The fourth-order valence-electron chi connectivity index (χ4n) is 3.78. The predicted molar refractivity (Wildman–Crippen MR) is 105 cm³/mol. The van der Waals surface area contributed by atoms with Crippen molar-refractivity contribution in [1.29, 1.82) is 0 Å². The number of pyridine rings is 1. The van der Waals surface area contributed by atoms with Crippen molar-refractivity contribution < 1.29 is 0 Å². The zero-order valence-electron chi connectivity index (χ0n) is 15.3. The maximum absolute atomic E-state index is 4.86. The summed E-state index contributed by atoms with van der Waals surface area (Å²) in [6, 6.07) is 27.8. The molecule has 3 nitrogen and oxygen atoms in total. The average molecular weight is 343 g/mol. The minimum Gasteiger partial charge on any atom is -0.277 e. The molecular formula is C23H25N3. The van der Waals surface area contributed by atoms with Gasteiger partial charge in [-0.25, -0.2) is 0 Å². The van der Waals surface area contributed by atoms with E-state index in [9.17, 15) is 0 Å². The number of hydrogen-bond acceptors (Lipinski definition) is 3. The molecule has 0 atom stereocenters. The third-order valence-corrected chi connectivity index (χ3v) is 5.00. The molecule has 1 aliphatic heterocycles. The SMILES string of the molecule is Cc1cccc(C2N(Cc3ccccc3)CCN2Cc2ccccc2)n1. The van der Waals surface area contributed by atoms with Gasteiger partial charge in [-0.15, -0.1) is 0 Å². The summed E-state index contributed by atoms with van der Waals surface area (Å²) in [6.45, 7) is 6.09. The number of benzene rings is 2. The van der Waals surface area contributed by atoms with Gasteiger partial charge in [0.2, 0.25) is 0 Å². The molecule has 132 valence electrons. The van der Waals surface area contributed by atoms with Gasteiger partial charge in [0, 0.05) is 31.9 Å². The van der Waals surface area contributed by atoms with Crippen molar-refractivity contribution >= 4 is 0 Å². The first-order chi connectivity index (χ1) is 12.8. The summed E-state index contributed by atoms with van der Waals surface area (Å²) in [5.74, 6) is 0. The van der Waals surface area contributed by atoms with Gasteiger partial charge in [0.05, 0.1) is 5.69 Å². The molecule has 1 aromatic heterocycles. The van der Waals surface area contributed by atoms with E-state index in [2.05, 4.69) is 95.6 Å². The van der Waals surface area contributed by atoms with Crippen molar-refractivity contribution in [2.45, 2.75) is 26.2 Å². The van der Waals surface area contributed by atoms with E-state index < -0.39 is 0 Å². The maximum atomic E-state index is 4.86. The molecule has 3 heteroatoms. The Morgan fingerprint density at radius 1 is 0.731 bits per heavy atom. The highest BCUT2D eigenvalue weighted by molar-refractivity contribution is 5.20. The maximum Gasteiger partial charge on any atom is 0.107 e. The smallest absolute Gasteiger partial charge is 0.107 e. The summed E-state index contributed by atoms with van der Waals surface area (Å²) >= 11 is 0. The van der Waals surface area contributed by atoms with Gasteiger partial charge in [-0.05, 0) is 30.2 Å². The van der Waals surface area contributed by atoms with E-state index in [4.69, 9.17) is 4.98 Å². The van der Waals surface area contributed by atoms with E-state index >= 15 is 0 Å². The van der Waals surface area contributed by atoms with Gasteiger partial charge in [-0.1, -0.05) is 66.7 Å². The van der Waals surface area contributed by atoms with Gasteiger partial charge in [-0.3, -0.25) is 14.8 Å². The Morgan fingerprint density at radius 2 is 1.27 bits per heavy atom. The minimum absolute atomic E-state index is 0.218. The molecule has 26 heavy (non-hydrogen) atoms. The highest BCUT2D eigenvalue weighted by Gasteiger charge is 2.34. The van der Waals surface area contributed by atoms with E-state index in [1.165, 1.54) is 11.1 Å². The van der Waals surface area contributed by atoms with Crippen molar-refractivity contribution in [2.24, 2.45) is 0 Å². The first kappa shape index (κ1) is 17.0. The van der Waals surface area contributed by atoms with Crippen LogP contribution in [0.15, 0.2) is 78.9 Å². The molecular weight excluding hydrogens is 318 g/mol. The van der Waals surface area contributed by atoms with Gasteiger partial charge in [0.15, 0.2) is 0 Å². The first-order valence-corrected chi connectivity index (χ1v) is 9.29. The third kappa shape index (κ3) is 3.85. The molecule has 0 bridgehead atoms. The van der Waals surface area contributed by atoms with Gasteiger partial charge in [0.1, 0.15) is 6.17 Å². The van der Waals surface area contributed by atoms with E-state index in [0.29, 0.717) is 0 Å². The Kier molecular flexibility index (Phi) is 5.09. The summed E-state index contributed by atoms with van der Waals surface area (Å²) in [7, 11) is 0. The third-order valence-electron chi connectivity index (χ3n) is 5.00. The van der Waals surface area contributed by atoms with E-state index in [1.54, 1.807) is 0 Å². The molecule has 0 radical (unpaired) electrons. The zero-order valence-corrected chi connectivity index (χ0v) is 15.3. The van der Waals surface area contributed by atoms with E-state index in [0.717, 1.165) is 37.6 Å². The second-order valence-electron chi connectivity index (χ2n) is 6.99. The zero-order chi connectivity index (χ0) is 17.8. The molecule has 2 aromatic carbocycles. The van der Waals surface area contributed by atoms with E-state index in [-0.39, 0.29) is 6.17 Å². The van der Waals surface area contributed by atoms with Crippen LogP contribution in [0.5, 0.6) is 0 Å². The molecule has 1 saturated heterocycles. The Bertz CT molecular complexity index is 783. The summed E-state index contributed by atoms with van der Waals surface area (Å²) < 4.78 is 0. The lowest BCUT2D eigenvalue weighted by Crippen LogP contribution is -2.31. The van der Waals surface area contributed by atoms with Crippen LogP contribution in [0.1, 0.15) is 28.7 Å². The van der Waals surface area contributed by atoms with Crippen molar-refractivity contribution in [3.05, 3.63) is 101 Å². The lowest BCUT2D eigenvalue weighted by Gasteiger charge is -2.30. The molecule has 2 heterocycles. The average Bonchev–Trinajstić information content (AvgIpc) is 3.05. The highest BCUT2D eigenvalue weighted by atomic mass is 15.4. The molecule has 0 aliphatic carbocycles. The normalized spacial score (nSPS) is 16.2. The van der Waals surface area contributed by atoms with Crippen LogP contribution in [0.4, 0.5) is 0 Å². The van der Waals surface area contributed by atoms with Crippen molar-refractivity contribution in [2.75, 3.05) is 13.1 Å². The predicted octanol–water partition coefficient (Wildman–Crippen LogP) is 4.41. The molecule has 1 fully saturated rings. The fraction of sp³-hybridized carbons (Fsp3) is 0.261. The van der Waals surface area contributed by atoms with Gasteiger partial charge < -0.3 is 0 Å². The van der Waals surface area contributed by atoms with Crippen molar-refractivity contribution in [3.8, 4) is 0 Å². The summed E-state index contributed by atoms with van der Waals surface area (Å²) in [5.41, 5.74) is 4.93. The van der Waals surface area contributed by atoms with Gasteiger partial charge in [-0.2, -0.15) is 0 Å². The fourth-order valence-corrected chi connectivity index (χ4v) is 3.78. The quantitative estimate of drug-likeness (QED) is 0.684. The Labute approximate surface area is 155 Å². The summed E-state index contributed by atoms with van der Waals surface area (Å²) in [4.78, 5) is 9.94. The molecule has 3 aromatic rings. The molecule has 0 unspecified atom stereocenters. The second-order valence-corrected chi connectivity index (χ2v) is 6.99. The van der Waals surface area contributed by atoms with Crippen LogP contribution >= 0.6 is 0 Å². The standard InChI is InChI=1S/C23H25N3/c1-19-9-8-14-22(24-19)23-25(17-20-10-4-2-5-11-20)15-16-26(23)18-21-12-6-3-7-13-21/h2-14,23H,15-18H2,1H3. The van der Waals surface area contributed by atoms with Crippen LogP contribution < -0.4 is 0 Å². The van der Waals surface area contributed by atoms with E-state index in [1.807, 2.05) is 0 Å². The molecule has 0 saturated carbocycles. The van der Waals surface area contributed by atoms with Crippen LogP contribution in [0, 0.1) is 6.92 Å². The van der Waals surface area contributed by atoms with Crippen LogP contribution in [0.25, 0.3) is 0 Å². The Balaban J connectivity index is 1.61. The number of aryl methyl sites for hydroxylation is 1. The number of nitrogens with zero attached hydrogens (tertiary/aromatic N) is 3. The molecule has 0 spiro atoms. The monoisotopic (exact) mass is 343 g/mol. The number of aromatic nitrogens is 1. The highest BCUT2D eigenvalue weighted by Crippen LogP contribution is 2.31. The number of hydrogen-bond donors (Lipinski definition) is 0. The summed E-state index contributed by atoms with van der Waals surface area (Å²) in [6.07, 6.45) is 0.218. The minimum atomic E-state index is 0.218. The Morgan fingerprint density at radius 3 is 1.77 bits per heavy atom. The van der Waals surface area contributed by atoms with Crippen LogP contribution in [-0.2, 0) is 13.1 Å². The number of rotatable bonds is 5. The second kappa shape index (κ2) is 7.81. The lowest BCUT2D eigenvalue weighted by atomic mass is 10.1. The van der Waals surface area contributed by atoms with Crippen molar-refractivity contribution in [1.82, 2.24) is 14.8 Å². The molecule has 4 rings (SSSR count). The van der Waals surface area contributed by atoms with Gasteiger partial charge >= 0.3 is 0 Å². The van der Waals surface area contributed by atoms with Gasteiger partial charge in [0.25, 0.3) is 0 Å². The summed E-state index contributed by atoms with van der Waals surface area (Å²) in [5, 5.41) is 0. The van der Waals surface area contributed by atoms with Crippen LogP contribution in [-0.4, -0.2) is 27.9 Å². The topological polar surface area (TPSA) is 19.4 Å². The lowest BCUT2D eigenvalue weighted by molar-refractivity contribution is 0.121. The van der Waals surface area contributed by atoms with Crippen molar-refractivity contribution in [3.63, 3.8) is 0 Å².